The molecule has 0 unspecified atom stereocenters. The number of methoxy groups -OCH3 is 2. The molecule has 10 heteroatoms. The van der Waals surface area contributed by atoms with Gasteiger partial charge in [-0.15, -0.1) is 0 Å². The van der Waals surface area contributed by atoms with E-state index in [0.29, 0.717) is 15.8 Å². The highest BCUT2D eigenvalue weighted by molar-refractivity contribution is 9.10. The molecule has 1 N–H and O–H groups in total. The van der Waals surface area contributed by atoms with Crippen LogP contribution in [0.5, 0.6) is 11.5 Å². The summed E-state index contributed by atoms with van der Waals surface area (Å²) in [5, 5.41) is 2.43. The molecule has 1 amide bonds. The maximum absolute atomic E-state index is 14.2. The molecule has 0 aliphatic carbocycles. The van der Waals surface area contributed by atoms with Crippen molar-refractivity contribution in [1.29, 1.82) is 0 Å². The van der Waals surface area contributed by atoms with E-state index in [2.05, 4.69) is 21.2 Å². The number of halogens is 2. The predicted octanol–water partition coefficient (Wildman–Crippen LogP) is 4.75. The molecule has 7 nitrogen and oxygen atoms in total. The fourth-order valence-electron chi connectivity index (χ4n) is 3.10. The van der Waals surface area contributed by atoms with Crippen molar-refractivity contribution >= 4 is 43.2 Å². The Bertz CT molecular complexity index is 1280. The monoisotopic (exact) mass is 536 g/mol. The number of hydrogen-bond acceptors (Lipinski definition) is 5. The first-order valence-corrected chi connectivity index (χ1v) is 12.0. The zero-order valence-electron chi connectivity index (χ0n) is 18.1. The molecule has 0 spiro atoms. The van der Waals surface area contributed by atoms with Gasteiger partial charge in [0.2, 0.25) is 5.91 Å². The minimum absolute atomic E-state index is 0.0701. The number of benzene rings is 3. The highest BCUT2D eigenvalue weighted by atomic mass is 79.9. The molecule has 33 heavy (non-hydrogen) atoms. The number of nitrogens with one attached hydrogen (secondary N) is 1. The van der Waals surface area contributed by atoms with Crippen LogP contribution in [0.1, 0.15) is 5.56 Å². The lowest BCUT2D eigenvalue weighted by atomic mass is 10.2. The number of carbonyl (C=O) groups is 1. The zero-order valence-corrected chi connectivity index (χ0v) is 20.5. The third-order valence-electron chi connectivity index (χ3n) is 4.72. The molecule has 0 radical (unpaired) electrons. The summed E-state index contributed by atoms with van der Waals surface area (Å²) >= 11 is 3.15. The Labute approximate surface area is 200 Å². The zero-order chi connectivity index (χ0) is 24.2. The molecule has 0 aliphatic heterocycles. The lowest BCUT2D eigenvalue weighted by Crippen LogP contribution is -2.38. The van der Waals surface area contributed by atoms with Crippen LogP contribution in [0.4, 0.5) is 15.8 Å². The van der Waals surface area contributed by atoms with Crippen LogP contribution in [0, 0.1) is 12.7 Å². The molecule has 0 saturated heterocycles. The summed E-state index contributed by atoms with van der Waals surface area (Å²) in [6, 6.07) is 15.2. The highest BCUT2D eigenvalue weighted by Crippen LogP contribution is 2.32. The van der Waals surface area contributed by atoms with E-state index >= 15 is 0 Å². The predicted molar refractivity (Wildman–Crippen MR) is 128 cm³/mol. The van der Waals surface area contributed by atoms with Crippen LogP contribution in [0.15, 0.2) is 70.0 Å². The lowest BCUT2D eigenvalue weighted by Gasteiger charge is -2.25. The first-order chi connectivity index (χ1) is 15.6. The average Bonchev–Trinajstić information content (AvgIpc) is 2.79. The second-order valence-corrected chi connectivity index (χ2v) is 9.79. The van der Waals surface area contributed by atoms with E-state index in [1.807, 2.05) is 0 Å². The van der Waals surface area contributed by atoms with Gasteiger partial charge in [-0.2, -0.15) is 0 Å². The quantitative estimate of drug-likeness (QED) is 0.449. The van der Waals surface area contributed by atoms with Gasteiger partial charge in [-0.1, -0.05) is 28.1 Å². The second kappa shape index (κ2) is 10.2. The van der Waals surface area contributed by atoms with Crippen LogP contribution in [-0.4, -0.2) is 35.1 Å². The van der Waals surface area contributed by atoms with Crippen molar-refractivity contribution in [2.45, 2.75) is 11.8 Å². The number of hydrogen-bond donors (Lipinski definition) is 1. The van der Waals surface area contributed by atoms with Gasteiger partial charge < -0.3 is 14.8 Å². The van der Waals surface area contributed by atoms with Gasteiger partial charge in [0.1, 0.15) is 28.8 Å². The van der Waals surface area contributed by atoms with Gasteiger partial charge >= 0.3 is 0 Å². The van der Waals surface area contributed by atoms with Crippen molar-refractivity contribution in [3.8, 4) is 11.5 Å². The Morgan fingerprint density at radius 2 is 1.82 bits per heavy atom. The summed E-state index contributed by atoms with van der Waals surface area (Å²) < 4.78 is 53.5. The summed E-state index contributed by atoms with van der Waals surface area (Å²) in [5.41, 5.74) is 0.824. The molecule has 0 aliphatic rings. The Morgan fingerprint density at radius 1 is 1.06 bits per heavy atom. The van der Waals surface area contributed by atoms with Gasteiger partial charge in [-0.3, -0.25) is 9.10 Å². The first-order valence-electron chi connectivity index (χ1n) is 9.72. The second-order valence-electron chi connectivity index (χ2n) is 7.04. The summed E-state index contributed by atoms with van der Waals surface area (Å²) in [6.45, 7) is 1.14. The smallest absolute Gasteiger partial charge is 0.268 e. The summed E-state index contributed by atoms with van der Waals surface area (Å²) in [4.78, 5) is 12.7. The van der Waals surface area contributed by atoms with Crippen molar-refractivity contribution < 1.29 is 27.1 Å². The maximum Gasteiger partial charge on any atom is 0.268 e. The fraction of sp³-hybridized carbons (Fsp3) is 0.174. The molecule has 3 rings (SSSR count). The summed E-state index contributed by atoms with van der Waals surface area (Å²) in [5.74, 6) is -0.848. The lowest BCUT2D eigenvalue weighted by molar-refractivity contribution is -0.114. The first kappa shape index (κ1) is 24.5. The molecular weight excluding hydrogens is 515 g/mol. The van der Waals surface area contributed by atoms with Crippen molar-refractivity contribution in [3.05, 3.63) is 76.5 Å². The van der Waals surface area contributed by atoms with E-state index in [4.69, 9.17) is 9.47 Å². The van der Waals surface area contributed by atoms with Gasteiger partial charge in [0.05, 0.1) is 25.6 Å². The van der Waals surface area contributed by atoms with Crippen LogP contribution in [0.3, 0.4) is 0 Å². The van der Waals surface area contributed by atoms with Crippen LogP contribution in [0.25, 0.3) is 0 Å². The molecule has 0 bridgehead atoms. The number of amides is 1. The third kappa shape index (κ3) is 5.63. The average molecular weight is 537 g/mol. The molecule has 0 heterocycles. The fourth-order valence-corrected chi connectivity index (χ4v) is 5.09. The number of rotatable bonds is 8. The van der Waals surface area contributed by atoms with E-state index < -0.39 is 28.3 Å². The van der Waals surface area contributed by atoms with Crippen LogP contribution >= 0.6 is 15.9 Å². The molecule has 3 aromatic rings. The molecule has 0 atom stereocenters. The molecule has 0 aromatic heterocycles. The number of anilines is 2. The van der Waals surface area contributed by atoms with E-state index in [1.54, 1.807) is 37.3 Å². The van der Waals surface area contributed by atoms with Gasteiger partial charge in [0.15, 0.2) is 0 Å². The SMILES string of the molecule is COc1cccc(N(CC(=O)Nc2ccc(Br)cc2F)S(=O)(=O)c2cc(C)ccc2OC)c1. The summed E-state index contributed by atoms with van der Waals surface area (Å²) in [6.07, 6.45) is 0. The standard InChI is InChI=1S/C23H22BrFN2O5S/c1-15-7-10-21(32-3)22(11-15)33(29,30)27(17-5-4-6-18(13-17)31-2)14-23(28)26-20-9-8-16(24)12-19(20)25/h4-13H,14H2,1-3H3,(H,26,28). The van der Waals surface area contributed by atoms with Crippen molar-refractivity contribution in [1.82, 2.24) is 0 Å². The normalized spacial score (nSPS) is 11.1. The number of carbonyl (C=O) groups excluding carboxylic acids is 1. The third-order valence-corrected chi connectivity index (χ3v) is 7.01. The Hall–Kier alpha value is -3.11. The van der Waals surface area contributed by atoms with Crippen LogP contribution in [0.2, 0.25) is 0 Å². The molecule has 0 fully saturated rings. The van der Waals surface area contributed by atoms with Crippen molar-refractivity contribution in [2.24, 2.45) is 0 Å². The summed E-state index contributed by atoms with van der Waals surface area (Å²) in [7, 11) is -1.45. The van der Waals surface area contributed by atoms with Crippen LogP contribution in [-0.2, 0) is 14.8 Å². The van der Waals surface area contributed by atoms with Gasteiger partial charge in [-0.25, -0.2) is 12.8 Å². The largest absolute Gasteiger partial charge is 0.497 e. The number of sulfonamides is 1. The maximum atomic E-state index is 14.2. The molecule has 0 saturated carbocycles. The van der Waals surface area contributed by atoms with E-state index in [-0.39, 0.29) is 22.0 Å². The van der Waals surface area contributed by atoms with Gasteiger partial charge in [0.25, 0.3) is 10.0 Å². The van der Waals surface area contributed by atoms with Gasteiger partial charge in [-0.05, 0) is 55.0 Å². The van der Waals surface area contributed by atoms with Crippen LogP contribution < -0.4 is 19.1 Å². The minimum atomic E-state index is -4.26. The number of aryl methyl sites for hydroxylation is 1. The minimum Gasteiger partial charge on any atom is -0.497 e. The Kier molecular flexibility index (Phi) is 7.60. The Balaban J connectivity index is 2.04. The highest BCUT2D eigenvalue weighted by Gasteiger charge is 2.30. The number of ether oxygens (including phenoxy) is 2. The topological polar surface area (TPSA) is 84.9 Å². The van der Waals surface area contributed by atoms with Gasteiger partial charge in [0, 0.05) is 10.5 Å². The van der Waals surface area contributed by atoms with E-state index in [9.17, 15) is 17.6 Å². The van der Waals surface area contributed by atoms with E-state index in [1.165, 1.54) is 44.6 Å². The molecule has 174 valence electrons. The molecular formula is C23H22BrFN2O5S. The molecule has 3 aromatic carbocycles. The van der Waals surface area contributed by atoms with Crippen molar-refractivity contribution in [2.75, 3.05) is 30.4 Å². The Morgan fingerprint density at radius 3 is 2.48 bits per heavy atom. The van der Waals surface area contributed by atoms with Crippen molar-refractivity contribution in [3.63, 3.8) is 0 Å². The van der Waals surface area contributed by atoms with E-state index in [0.717, 1.165) is 4.31 Å². The number of nitrogens with zero attached hydrogens (tertiary/aromatic N) is 1.